The maximum Gasteiger partial charge on any atom is 0.319 e. The molecule has 2 amide bonds. The van der Waals surface area contributed by atoms with E-state index in [1.54, 1.807) is 0 Å². The van der Waals surface area contributed by atoms with Crippen molar-refractivity contribution in [3.63, 3.8) is 0 Å². The fraction of sp³-hybridized carbons (Fsp3) is 0.562. The summed E-state index contributed by atoms with van der Waals surface area (Å²) in [5, 5.41) is 6.14. The van der Waals surface area contributed by atoms with Crippen molar-refractivity contribution in [3.05, 3.63) is 29.3 Å². The molecule has 0 radical (unpaired) electrons. The predicted molar refractivity (Wildman–Crippen MR) is 79.6 cm³/mol. The molecule has 3 nitrogen and oxygen atoms in total. The number of hydrogen-bond acceptors (Lipinski definition) is 1. The van der Waals surface area contributed by atoms with Crippen LogP contribution in [0.2, 0.25) is 0 Å². The van der Waals surface area contributed by atoms with Gasteiger partial charge in [-0.15, -0.1) is 0 Å². The molecule has 1 fully saturated rings. The van der Waals surface area contributed by atoms with Gasteiger partial charge in [-0.05, 0) is 36.8 Å². The van der Waals surface area contributed by atoms with Gasteiger partial charge in [-0.1, -0.05) is 44.9 Å². The molecule has 19 heavy (non-hydrogen) atoms. The number of anilines is 1. The molecule has 2 N–H and O–H groups in total. The first-order valence-electron chi connectivity index (χ1n) is 7.42. The smallest absolute Gasteiger partial charge is 0.319 e. The standard InChI is InChI=1S/C16H24N2O/c1-3-12-8-7-9-13(4-2)15(12)18-16(19)17-14-10-5-6-11-14/h7-9,14H,3-6,10-11H2,1-2H3,(H2,17,18,19). The van der Waals surface area contributed by atoms with E-state index in [9.17, 15) is 4.79 Å². The first-order chi connectivity index (χ1) is 9.24. The zero-order valence-electron chi connectivity index (χ0n) is 12.0. The molecule has 2 rings (SSSR count). The van der Waals surface area contributed by atoms with Crippen molar-refractivity contribution in [2.75, 3.05) is 5.32 Å². The van der Waals surface area contributed by atoms with Gasteiger partial charge in [0, 0.05) is 11.7 Å². The van der Waals surface area contributed by atoms with Gasteiger partial charge in [-0.2, -0.15) is 0 Å². The van der Waals surface area contributed by atoms with Crippen LogP contribution in [0.15, 0.2) is 18.2 Å². The van der Waals surface area contributed by atoms with Crippen LogP contribution >= 0.6 is 0 Å². The zero-order valence-corrected chi connectivity index (χ0v) is 12.0. The van der Waals surface area contributed by atoms with Gasteiger partial charge in [0.2, 0.25) is 0 Å². The molecule has 0 unspecified atom stereocenters. The Morgan fingerprint density at radius 3 is 2.26 bits per heavy atom. The van der Waals surface area contributed by atoms with Crippen LogP contribution in [0.4, 0.5) is 10.5 Å². The van der Waals surface area contributed by atoms with Crippen LogP contribution in [0.1, 0.15) is 50.7 Å². The Kier molecular flexibility index (Phi) is 4.83. The Labute approximate surface area is 115 Å². The summed E-state index contributed by atoms with van der Waals surface area (Å²) in [7, 11) is 0. The number of hydrogen-bond donors (Lipinski definition) is 2. The van der Waals surface area contributed by atoms with Crippen molar-refractivity contribution < 1.29 is 4.79 Å². The van der Waals surface area contributed by atoms with E-state index in [0.29, 0.717) is 6.04 Å². The van der Waals surface area contributed by atoms with Crippen molar-refractivity contribution in [3.8, 4) is 0 Å². The molecule has 0 heterocycles. The molecule has 104 valence electrons. The molecule has 1 aromatic rings. The lowest BCUT2D eigenvalue weighted by Gasteiger charge is -2.17. The number of aryl methyl sites for hydroxylation is 2. The van der Waals surface area contributed by atoms with Crippen LogP contribution in [0.5, 0.6) is 0 Å². The van der Waals surface area contributed by atoms with Gasteiger partial charge < -0.3 is 10.6 Å². The van der Waals surface area contributed by atoms with Crippen LogP contribution in [-0.2, 0) is 12.8 Å². The minimum atomic E-state index is -0.0532. The van der Waals surface area contributed by atoms with E-state index in [2.05, 4.69) is 42.7 Å². The normalized spacial score (nSPS) is 15.5. The van der Waals surface area contributed by atoms with Crippen molar-refractivity contribution in [2.45, 2.75) is 58.4 Å². The van der Waals surface area contributed by atoms with Gasteiger partial charge in [-0.25, -0.2) is 4.79 Å². The molecule has 0 spiro atoms. The fourth-order valence-corrected chi connectivity index (χ4v) is 2.81. The highest BCUT2D eigenvalue weighted by Crippen LogP contribution is 2.23. The summed E-state index contributed by atoms with van der Waals surface area (Å²) in [6.45, 7) is 4.24. The number of para-hydroxylation sites is 1. The molecule has 0 aliphatic heterocycles. The Bertz CT molecular complexity index is 414. The average molecular weight is 260 g/mol. The molecule has 1 aromatic carbocycles. The highest BCUT2D eigenvalue weighted by Gasteiger charge is 2.18. The van der Waals surface area contributed by atoms with E-state index in [1.807, 2.05) is 0 Å². The molecule has 1 aliphatic carbocycles. The van der Waals surface area contributed by atoms with E-state index in [4.69, 9.17) is 0 Å². The van der Waals surface area contributed by atoms with Crippen molar-refractivity contribution in [1.82, 2.24) is 5.32 Å². The Morgan fingerprint density at radius 2 is 1.74 bits per heavy atom. The second-order valence-corrected chi connectivity index (χ2v) is 5.24. The average Bonchev–Trinajstić information content (AvgIpc) is 2.91. The molecule has 0 atom stereocenters. The minimum absolute atomic E-state index is 0.0532. The monoisotopic (exact) mass is 260 g/mol. The van der Waals surface area contributed by atoms with Crippen LogP contribution in [-0.4, -0.2) is 12.1 Å². The number of carbonyl (C=O) groups excluding carboxylic acids is 1. The highest BCUT2D eigenvalue weighted by atomic mass is 16.2. The largest absolute Gasteiger partial charge is 0.335 e. The van der Waals surface area contributed by atoms with E-state index >= 15 is 0 Å². The zero-order chi connectivity index (χ0) is 13.7. The number of benzene rings is 1. The van der Waals surface area contributed by atoms with Gasteiger partial charge in [0.25, 0.3) is 0 Å². The lowest BCUT2D eigenvalue weighted by atomic mass is 10.0. The molecule has 3 heteroatoms. The van der Waals surface area contributed by atoms with Gasteiger partial charge in [-0.3, -0.25) is 0 Å². The maximum atomic E-state index is 12.1. The summed E-state index contributed by atoms with van der Waals surface area (Å²) in [6, 6.07) is 6.55. The van der Waals surface area contributed by atoms with E-state index in [-0.39, 0.29) is 6.03 Å². The van der Waals surface area contributed by atoms with Crippen molar-refractivity contribution in [1.29, 1.82) is 0 Å². The van der Waals surface area contributed by atoms with Crippen LogP contribution in [0.25, 0.3) is 0 Å². The summed E-state index contributed by atoms with van der Waals surface area (Å²) in [5.41, 5.74) is 3.42. The molecule has 1 aliphatic rings. The van der Waals surface area contributed by atoms with Crippen LogP contribution < -0.4 is 10.6 Å². The Balaban J connectivity index is 2.06. The van der Waals surface area contributed by atoms with E-state index in [0.717, 1.165) is 31.4 Å². The third-order valence-corrected chi connectivity index (χ3v) is 3.93. The Morgan fingerprint density at radius 1 is 1.16 bits per heavy atom. The molecular formula is C16H24N2O. The topological polar surface area (TPSA) is 41.1 Å². The number of urea groups is 1. The molecule has 0 saturated heterocycles. The summed E-state index contributed by atoms with van der Waals surface area (Å²) < 4.78 is 0. The van der Waals surface area contributed by atoms with Crippen LogP contribution in [0, 0.1) is 0 Å². The van der Waals surface area contributed by atoms with Crippen LogP contribution in [0.3, 0.4) is 0 Å². The molecular weight excluding hydrogens is 236 g/mol. The predicted octanol–water partition coefficient (Wildman–Crippen LogP) is 3.88. The molecule has 0 bridgehead atoms. The first-order valence-corrected chi connectivity index (χ1v) is 7.42. The summed E-state index contributed by atoms with van der Waals surface area (Å²) in [6.07, 6.45) is 6.57. The van der Waals surface area contributed by atoms with Gasteiger partial charge in [0.15, 0.2) is 0 Å². The Hall–Kier alpha value is -1.51. The lowest BCUT2D eigenvalue weighted by molar-refractivity contribution is 0.248. The molecule has 0 aromatic heterocycles. The van der Waals surface area contributed by atoms with E-state index in [1.165, 1.54) is 24.0 Å². The summed E-state index contributed by atoms with van der Waals surface area (Å²) in [5.74, 6) is 0. The number of nitrogens with one attached hydrogen (secondary N) is 2. The van der Waals surface area contributed by atoms with Gasteiger partial charge in [0.05, 0.1) is 0 Å². The number of rotatable bonds is 4. The summed E-state index contributed by atoms with van der Waals surface area (Å²) >= 11 is 0. The lowest BCUT2D eigenvalue weighted by Crippen LogP contribution is -2.36. The number of carbonyl (C=O) groups is 1. The molecule has 1 saturated carbocycles. The summed E-state index contributed by atoms with van der Waals surface area (Å²) in [4.78, 5) is 12.1. The highest BCUT2D eigenvalue weighted by molar-refractivity contribution is 5.91. The SMILES string of the molecule is CCc1cccc(CC)c1NC(=O)NC1CCCC1. The minimum Gasteiger partial charge on any atom is -0.335 e. The second-order valence-electron chi connectivity index (χ2n) is 5.24. The third-order valence-electron chi connectivity index (χ3n) is 3.93. The number of amides is 2. The second kappa shape index (κ2) is 6.60. The third kappa shape index (κ3) is 3.49. The van der Waals surface area contributed by atoms with Crippen molar-refractivity contribution >= 4 is 11.7 Å². The quantitative estimate of drug-likeness (QED) is 0.847. The first kappa shape index (κ1) is 13.9. The van der Waals surface area contributed by atoms with Gasteiger partial charge in [0.1, 0.15) is 0 Å². The van der Waals surface area contributed by atoms with Gasteiger partial charge >= 0.3 is 6.03 Å². The fourth-order valence-electron chi connectivity index (χ4n) is 2.81. The van der Waals surface area contributed by atoms with E-state index < -0.39 is 0 Å². The van der Waals surface area contributed by atoms with Crippen molar-refractivity contribution in [2.24, 2.45) is 0 Å². The maximum absolute atomic E-state index is 12.1.